The summed E-state index contributed by atoms with van der Waals surface area (Å²) in [5.41, 5.74) is 0.257. The molecule has 2 aliphatic rings. The molecule has 1 aliphatic heterocycles. The molecule has 1 N–H and O–H groups in total. The van der Waals surface area contributed by atoms with Gasteiger partial charge in [0.2, 0.25) is 0 Å². The van der Waals surface area contributed by atoms with Gasteiger partial charge >= 0.3 is 0 Å². The standard InChI is InChI=1S/C9H17NO.C4H6/c1-10-8-4-2-3-5-9(8)6-7-11-9;1-3-4-2/h8,10H,2-7H2,1H3;3-4H,1-2H2. The van der Waals surface area contributed by atoms with E-state index in [-0.39, 0.29) is 5.60 Å². The number of hydrogen-bond donors (Lipinski definition) is 1. The van der Waals surface area contributed by atoms with Gasteiger partial charge in [-0.1, -0.05) is 38.2 Å². The van der Waals surface area contributed by atoms with E-state index in [0.717, 1.165) is 6.61 Å². The van der Waals surface area contributed by atoms with Crippen LogP contribution in [0, 0.1) is 0 Å². The topological polar surface area (TPSA) is 21.3 Å². The highest BCUT2D eigenvalue weighted by atomic mass is 16.5. The van der Waals surface area contributed by atoms with Gasteiger partial charge in [0.25, 0.3) is 0 Å². The van der Waals surface area contributed by atoms with E-state index in [1.807, 2.05) is 0 Å². The molecule has 2 heteroatoms. The minimum atomic E-state index is 0.257. The van der Waals surface area contributed by atoms with Gasteiger partial charge in [-0.25, -0.2) is 0 Å². The lowest BCUT2D eigenvalue weighted by molar-refractivity contribution is -0.180. The van der Waals surface area contributed by atoms with Crippen LogP contribution in [0.25, 0.3) is 0 Å². The maximum atomic E-state index is 5.70. The number of ether oxygens (including phenoxy) is 1. The van der Waals surface area contributed by atoms with Gasteiger partial charge in [-0.3, -0.25) is 0 Å². The second-order valence-electron chi connectivity index (χ2n) is 4.22. The van der Waals surface area contributed by atoms with Gasteiger partial charge in [-0.2, -0.15) is 0 Å². The predicted octanol–water partition coefficient (Wildman–Crippen LogP) is 2.67. The molecule has 2 nitrogen and oxygen atoms in total. The molecule has 86 valence electrons. The summed E-state index contributed by atoms with van der Waals surface area (Å²) < 4.78 is 5.70. The van der Waals surface area contributed by atoms with E-state index in [0.29, 0.717) is 6.04 Å². The van der Waals surface area contributed by atoms with Crippen LogP contribution in [0.2, 0.25) is 0 Å². The Kier molecular flexibility index (Phi) is 5.06. The van der Waals surface area contributed by atoms with Crippen LogP contribution in [0.15, 0.2) is 25.3 Å². The van der Waals surface area contributed by atoms with Crippen molar-refractivity contribution in [2.45, 2.75) is 43.7 Å². The fraction of sp³-hybridized carbons (Fsp3) is 0.692. The maximum absolute atomic E-state index is 5.70. The average molecular weight is 209 g/mol. The first-order valence-electron chi connectivity index (χ1n) is 5.84. The van der Waals surface area contributed by atoms with Gasteiger partial charge in [0.15, 0.2) is 0 Å². The normalized spacial score (nSPS) is 33.5. The lowest BCUT2D eigenvalue weighted by Crippen LogP contribution is -2.59. The van der Waals surface area contributed by atoms with Crippen LogP contribution >= 0.6 is 0 Å². The van der Waals surface area contributed by atoms with Crippen LogP contribution in [0.4, 0.5) is 0 Å². The van der Waals surface area contributed by atoms with Crippen molar-refractivity contribution in [3.63, 3.8) is 0 Å². The number of rotatable bonds is 2. The van der Waals surface area contributed by atoms with Crippen LogP contribution < -0.4 is 5.32 Å². The van der Waals surface area contributed by atoms with Crippen LogP contribution in [0.1, 0.15) is 32.1 Å². The minimum absolute atomic E-state index is 0.257. The summed E-state index contributed by atoms with van der Waals surface area (Å²) in [6, 6.07) is 0.630. The largest absolute Gasteiger partial charge is 0.373 e. The summed E-state index contributed by atoms with van der Waals surface area (Å²) in [7, 11) is 2.05. The van der Waals surface area contributed by atoms with E-state index in [4.69, 9.17) is 4.74 Å². The molecule has 1 saturated carbocycles. The van der Waals surface area contributed by atoms with Crippen molar-refractivity contribution in [2.24, 2.45) is 0 Å². The molecule has 1 heterocycles. The first-order chi connectivity index (χ1) is 7.29. The Labute approximate surface area is 93.4 Å². The van der Waals surface area contributed by atoms with Gasteiger partial charge in [0.05, 0.1) is 12.2 Å². The van der Waals surface area contributed by atoms with Crippen LogP contribution in [0.5, 0.6) is 0 Å². The molecule has 1 spiro atoms. The summed E-state index contributed by atoms with van der Waals surface area (Å²) in [5, 5.41) is 3.37. The molecule has 1 saturated heterocycles. The highest BCUT2D eigenvalue weighted by Gasteiger charge is 2.45. The Balaban J connectivity index is 0.000000245. The lowest BCUT2D eigenvalue weighted by Gasteiger charge is -2.50. The molecule has 0 aromatic heterocycles. The quantitative estimate of drug-likeness (QED) is 0.706. The molecule has 0 aromatic carbocycles. The summed E-state index contributed by atoms with van der Waals surface area (Å²) in [6.45, 7) is 7.71. The Bertz CT molecular complexity index is 203. The number of allylic oxidation sites excluding steroid dienone is 2. The zero-order chi connectivity index (χ0) is 11.1. The van der Waals surface area contributed by atoms with E-state index in [2.05, 4.69) is 25.5 Å². The van der Waals surface area contributed by atoms with E-state index in [1.165, 1.54) is 32.1 Å². The molecule has 0 radical (unpaired) electrons. The zero-order valence-corrected chi connectivity index (χ0v) is 9.80. The molecule has 2 unspecified atom stereocenters. The summed E-state index contributed by atoms with van der Waals surface area (Å²) in [6.07, 6.45) is 9.86. The van der Waals surface area contributed by atoms with E-state index in [1.54, 1.807) is 12.2 Å². The van der Waals surface area contributed by atoms with E-state index < -0.39 is 0 Å². The molecule has 0 amide bonds. The van der Waals surface area contributed by atoms with Crippen molar-refractivity contribution in [3.05, 3.63) is 25.3 Å². The smallest absolute Gasteiger partial charge is 0.0856 e. The molecular formula is C13H23NO. The third-order valence-corrected chi connectivity index (χ3v) is 3.41. The van der Waals surface area contributed by atoms with Crippen molar-refractivity contribution >= 4 is 0 Å². The summed E-state index contributed by atoms with van der Waals surface area (Å²) in [5.74, 6) is 0. The molecule has 15 heavy (non-hydrogen) atoms. The van der Waals surface area contributed by atoms with Gasteiger partial charge in [-0.15, -0.1) is 0 Å². The van der Waals surface area contributed by atoms with E-state index in [9.17, 15) is 0 Å². The van der Waals surface area contributed by atoms with E-state index >= 15 is 0 Å². The molecule has 2 atom stereocenters. The molecule has 2 fully saturated rings. The number of likely N-dealkylation sites (N-methyl/N-ethyl adjacent to an activating group) is 1. The summed E-state index contributed by atoms with van der Waals surface area (Å²) in [4.78, 5) is 0. The predicted molar refractivity (Wildman–Crippen MR) is 65.0 cm³/mol. The van der Waals surface area contributed by atoms with Crippen molar-refractivity contribution in [3.8, 4) is 0 Å². The number of hydrogen-bond acceptors (Lipinski definition) is 2. The Morgan fingerprint density at radius 1 is 1.27 bits per heavy atom. The van der Waals surface area contributed by atoms with Gasteiger partial charge in [-0.05, 0) is 19.9 Å². The zero-order valence-electron chi connectivity index (χ0n) is 9.80. The van der Waals surface area contributed by atoms with Crippen LogP contribution in [-0.4, -0.2) is 25.3 Å². The van der Waals surface area contributed by atoms with Crippen LogP contribution in [-0.2, 0) is 4.74 Å². The number of nitrogens with one attached hydrogen (secondary N) is 1. The monoisotopic (exact) mass is 209 g/mol. The second kappa shape index (κ2) is 6.09. The third kappa shape index (κ3) is 2.93. The summed E-state index contributed by atoms with van der Waals surface area (Å²) >= 11 is 0. The SMILES string of the molecule is C=CC=C.CNC1CCCCC12CCO2. The molecular weight excluding hydrogens is 186 g/mol. The molecule has 0 bridgehead atoms. The van der Waals surface area contributed by atoms with Gasteiger partial charge in [0.1, 0.15) is 0 Å². The molecule has 1 aliphatic carbocycles. The van der Waals surface area contributed by atoms with Gasteiger partial charge in [0, 0.05) is 12.5 Å². The first kappa shape index (κ1) is 12.5. The van der Waals surface area contributed by atoms with Crippen molar-refractivity contribution in [2.75, 3.05) is 13.7 Å². The highest BCUT2D eigenvalue weighted by Crippen LogP contribution is 2.40. The Morgan fingerprint density at radius 2 is 1.93 bits per heavy atom. The van der Waals surface area contributed by atoms with Crippen molar-refractivity contribution < 1.29 is 4.74 Å². The van der Waals surface area contributed by atoms with Crippen molar-refractivity contribution in [1.82, 2.24) is 5.32 Å². The second-order valence-corrected chi connectivity index (χ2v) is 4.22. The molecule has 2 rings (SSSR count). The Morgan fingerprint density at radius 3 is 2.27 bits per heavy atom. The highest BCUT2D eigenvalue weighted by molar-refractivity contribution is 5.00. The van der Waals surface area contributed by atoms with Crippen molar-refractivity contribution in [1.29, 1.82) is 0 Å². The average Bonchev–Trinajstić information content (AvgIpc) is 2.27. The maximum Gasteiger partial charge on any atom is 0.0856 e. The minimum Gasteiger partial charge on any atom is -0.373 e. The third-order valence-electron chi connectivity index (χ3n) is 3.41. The Hall–Kier alpha value is -0.600. The fourth-order valence-corrected chi connectivity index (χ4v) is 2.45. The van der Waals surface area contributed by atoms with Crippen LogP contribution in [0.3, 0.4) is 0 Å². The molecule has 0 aromatic rings. The fourth-order valence-electron chi connectivity index (χ4n) is 2.45. The van der Waals surface area contributed by atoms with Gasteiger partial charge < -0.3 is 10.1 Å². The lowest BCUT2D eigenvalue weighted by atomic mass is 9.75. The first-order valence-corrected chi connectivity index (χ1v) is 5.84.